The van der Waals surface area contributed by atoms with Crippen LogP contribution in [0.3, 0.4) is 0 Å². The van der Waals surface area contributed by atoms with Crippen LogP contribution in [0.15, 0.2) is 24.3 Å². The molecule has 104 valence electrons. The van der Waals surface area contributed by atoms with Gasteiger partial charge in [-0.3, -0.25) is 4.79 Å². The van der Waals surface area contributed by atoms with Crippen LogP contribution < -0.4 is 0 Å². The lowest BCUT2D eigenvalue weighted by Crippen LogP contribution is -2.46. The second-order valence-electron chi connectivity index (χ2n) is 4.95. The molecule has 0 aromatic heterocycles. The normalized spacial score (nSPS) is 20.3. The topological polar surface area (TPSA) is 32.8 Å². The van der Waals surface area contributed by atoms with Gasteiger partial charge in [-0.25, -0.2) is 0 Å². The number of amides is 1. The molecule has 1 aliphatic rings. The van der Waals surface area contributed by atoms with Gasteiger partial charge in [-0.1, -0.05) is 17.7 Å². The maximum atomic E-state index is 12.3. The summed E-state index contributed by atoms with van der Waals surface area (Å²) in [6.45, 7) is 3.12. The number of carbonyl (C=O) groups excluding carboxylic acids is 1. The number of halogens is 1. The van der Waals surface area contributed by atoms with E-state index in [4.69, 9.17) is 16.3 Å². The van der Waals surface area contributed by atoms with E-state index < -0.39 is 0 Å². The Bertz CT molecular complexity index is 453. The molecular weight excluding hydrogens is 264 g/mol. The molecule has 1 aromatic rings. The number of nitrogens with zero attached hydrogens (tertiary/aromatic N) is 2. The monoisotopic (exact) mass is 282 g/mol. The largest absolute Gasteiger partial charge is 0.374 e. The van der Waals surface area contributed by atoms with Gasteiger partial charge in [0.05, 0.1) is 12.7 Å². The van der Waals surface area contributed by atoms with Crippen LogP contribution in [0.2, 0.25) is 5.02 Å². The zero-order chi connectivity index (χ0) is 13.8. The molecule has 1 atom stereocenters. The molecule has 1 heterocycles. The highest BCUT2D eigenvalue weighted by Gasteiger charge is 2.22. The number of ether oxygens (including phenoxy) is 1. The van der Waals surface area contributed by atoms with Gasteiger partial charge in [-0.2, -0.15) is 0 Å². The molecule has 1 aromatic carbocycles. The molecule has 0 N–H and O–H groups in total. The molecule has 0 radical (unpaired) electrons. The number of hydrogen-bond donors (Lipinski definition) is 0. The summed E-state index contributed by atoms with van der Waals surface area (Å²) in [6, 6.07) is 7.01. The molecule has 1 saturated heterocycles. The molecule has 1 unspecified atom stereocenters. The lowest BCUT2D eigenvalue weighted by atomic mass is 10.2. The van der Waals surface area contributed by atoms with E-state index in [9.17, 15) is 4.79 Å². The van der Waals surface area contributed by atoms with Crippen molar-refractivity contribution in [3.8, 4) is 0 Å². The van der Waals surface area contributed by atoms with Crippen LogP contribution in [0, 0.1) is 0 Å². The second-order valence-corrected chi connectivity index (χ2v) is 5.39. The fourth-order valence-corrected chi connectivity index (χ4v) is 2.40. The van der Waals surface area contributed by atoms with Crippen molar-refractivity contribution in [3.05, 3.63) is 34.9 Å². The summed E-state index contributed by atoms with van der Waals surface area (Å²) in [7, 11) is 3.86. The first-order valence-electron chi connectivity index (χ1n) is 6.37. The third-order valence-corrected chi connectivity index (χ3v) is 3.47. The predicted octanol–water partition coefficient (Wildman–Crippen LogP) is 1.74. The Morgan fingerprint density at radius 2 is 2.37 bits per heavy atom. The van der Waals surface area contributed by atoms with Crippen molar-refractivity contribution < 1.29 is 9.53 Å². The highest BCUT2D eigenvalue weighted by atomic mass is 35.5. The average molecular weight is 283 g/mol. The molecule has 5 heteroatoms. The van der Waals surface area contributed by atoms with Gasteiger partial charge in [0.25, 0.3) is 5.91 Å². The summed E-state index contributed by atoms with van der Waals surface area (Å²) in [5.74, 6) is -0.0284. The van der Waals surface area contributed by atoms with E-state index in [2.05, 4.69) is 11.9 Å². The van der Waals surface area contributed by atoms with Gasteiger partial charge in [0.1, 0.15) is 0 Å². The standard InChI is InChI=1S/C14H19ClN2O2/c1-16-6-7-19-13(9-16)10-17(2)14(18)11-4-3-5-12(15)8-11/h3-5,8,13H,6-7,9-10H2,1-2H3. The van der Waals surface area contributed by atoms with Crippen LogP contribution in [0.1, 0.15) is 10.4 Å². The van der Waals surface area contributed by atoms with Crippen LogP contribution in [0.5, 0.6) is 0 Å². The second kappa shape index (κ2) is 6.37. The first-order valence-corrected chi connectivity index (χ1v) is 6.75. The molecule has 4 nitrogen and oxygen atoms in total. The first kappa shape index (κ1) is 14.3. The van der Waals surface area contributed by atoms with E-state index >= 15 is 0 Å². The van der Waals surface area contributed by atoms with Gasteiger partial charge in [-0.15, -0.1) is 0 Å². The number of likely N-dealkylation sites (N-methyl/N-ethyl adjacent to an activating group) is 2. The van der Waals surface area contributed by atoms with Crippen molar-refractivity contribution in [1.82, 2.24) is 9.80 Å². The molecule has 0 saturated carbocycles. The van der Waals surface area contributed by atoms with Crippen molar-refractivity contribution in [2.45, 2.75) is 6.10 Å². The molecule has 19 heavy (non-hydrogen) atoms. The minimum atomic E-state index is -0.0284. The van der Waals surface area contributed by atoms with E-state index in [0.29, 0.717) is 17.1 Å². The molecule has 1 fully saturated rings. The summed E-state index contributed by atoms with van der Waals surface area (Å²) in [6.07, 6.45) is 0.0758. The molecular formula is C14H19ClN2O2. The van der Waals surface area contributed by atoms with E-state index in [0.717, 1.165) is 19.7 Å². The summed E-state index contributed by atoms with van der Waals surface area (Å²) >= 11 is 5.90. The van der Waals surface area contributed by atoms with Crippen molar-refractivity contribution in [2.24, 2.45) is 0 Å². The van der Waals surface area contributed by atoms with E-state index in [1.165, 1.54) is 0 Å². The van der Waals surface area contributed by atoms with Crippen LogP contribution in [0.25, 0.3) is 0 Å². The van der Waals surface area contributed by atoms with Gasteiger partial charge in [0.15, 0.2) is 0 Å². The molecule has 1 amide bonds. The van der Waals surface area contributed by atoms with E-state index in [1.54, 1.807) is 36.2 Å². The van der Waals surface area contributed by atoms with Gasteiger partial charge >= 0.3 is 0 Å². The quantitative estimate of drug-likeness (QED) is 0.847. The number of hydrogen-bond acceptors (Lipinski definition) is 3. The minimum absolute atomic E-state index is 0.0284. The Morgan fingerprint density at radius 3 is 3.05 bits per heavy atom. The fourth-order valence-electron chi connectivity index (χ4n) is 2.21. The summed E-state index contributed by atoms with van der Waals surface area (Å²) in [5, 5.41) is 0.577. The van der Waals surface area contributed by atoms with E-state index in [-0.39, 0.29) is 12.0 Å². The Morgan fingerprint density at radius 1 is 1.58 bits per heavy atom. The summed E-state index contributed by atoms with van der Waals surface area (Å²) in [4.78, 5) is 16.2. The average Bonchev–Trinajstić information content (AvgIpc) is 2.38. The van der Waals surface area contributed by atoms with Gasteiger partial charge in [-0.05, 0) is 25.2 Å². The molecule has 2 rings (SSSR count). The van der Waals surface area contributed by atoms with Crippen molar-refractivity contribution in [2.75, 3.05) is 40.3 Å². The van der Waals surface area contributed by atoms with Crippen LogP contribution in [-0.2, 0) is 4.74 Å². The van der Waals surface area contributed by atoms with Crippen LogP contribution >= 0.6 is 11.6 Å². The maximum Gasteiger partial charge on any atom is 0.253 e. The third kappa shape index (κ3) is 3.93. The lowest BCUT2D eigenvalue weighted by Gasteiger charge is -2.32. The Labute approximate surface area is 118 Å². The minimum Gasteiger partial charge on any atom is -0.374 e. The van der Waals surface area contributed by atoms with E-state index in [1.807, 2.05) is 0 Å². The highest BCUT2D eigenvalue weighted by Crippen LogP contribution is 2.13. The Kier molecular flexibility index (Phi) is 4.80. The number of benzene rings is 1. The highest BCUT2D eigenvalue weighted by molar-refractivity contribution is 6.30. The maximum absolute atomic E-state index is 12.3. The van der Waals surface area contributed by atoms with Crippen molar-refractivity contribution in [1.29, 1.82) is 0 Å². The summed E-state index contributed by atoms with van der Waals surface area (Å²) < 4.78 is 5.67. The molecule has 0 aliphatic carbocycles. The van der Waals surface area contributed by atoms with Crippen LogP contribution in [-0.4, -0.2) is 62.1 Å². The fraction of sp³-hybridized carbons (Fsp3) is 0.500. The smallest absolute Gasteiger partial charge is 0.253 e. The number of rotatable bonds is 3. The van der Waals surface area contributed by atoms with Crippen molar-refractivity contribution in [3.63, 3.8) is 0 Å². The zero-order valence-electron chi connectivity index (χ0n) is 11.3. The van der Waals surface area contributed by atoms with Gasteiger partial charge in [0.2, 0.25) is 0 Å². The SMILES string of the molecule is CN1CCOC(CN(C)C(=O)c2cccc(Cl)c2)C1. The number of morpholine rings is 1. The van der Waals surface area contributed by atoms with Gasteiger partial charge < -0.3 is 14.5 Å². The molecule has 0 spiro atoms. The Hall–Kier alpha value is -1.10. The van der Waals surface area contributed by atoms with Gasteiger partial charge in [0, 0.05) is 37.3 Å². The third-order valence-electron chi connectivity index (χ3n) is 3.24. The zero-order valence-corrected chi connectivity index (χ0v) is 12.1. The van der Waals surface area contributed by atoms with Crippen LogP contribution in [0.4, 0.5) is 0 Å². The lowest BCUT2D eigenvalue weighted by molar-refractivity contribution is -0.0301. The molecule has 1 aliphatic heterocycles. The Balaban J connectivity index is 1.95. The molecule has 0 bridgehead atoms. The predicted molar refractivity (Wildman–Crippen MR) is 75.6 cm³/mol. The van der Waals surface area contributed by atoms with Crippen molar-refractivity contribution >= 4 is 17.5 Å². The summed E-state index contributed by atoms with van der Waals surface area (Å²) in [5.41, 5.74) is 0.610. The number of carbonyl (C=O) groups is 1. The first-order chi connectivity index (χ1) is 9.06.